The van der Waals surface area contributed by atoms with Gasteiger partial charge in [0.2, 0.25) is 0 Å². The number of aliphatic hydroxyl groups excluding tert-OH is 1. The first-order valence-corrected chi connectivity index (χ1v) is 8.10. The summed E-state index contributed by atoms with van der Waals surface area (Å²) in [4.78, 5) is 4.07. The van der Waals surface area contributed by atoms with Crippen LogP contribution >= 0.6 is 0 Å². The van der Waals surface area contributed by atoms with E-state index in [1.165, 1.54) is 6.20 Å². The lowest BCUT2D eigenvalue weighted by Crippen LogP contribution is -3.11. The van der Waals surface area contributed by atoms with Gasteiger partial charge in [-0.1, -0.05) is 0 Å². The molecule has 0 atom stereocenters. The number of aliphatic hydroxyl groups is 1. The van der Waals surface area contributed by atoms with Gasteiger partial charge >= 0.3 is 6.18 Å². The van der Waals surface area contributed by atoms with Gasteiger partial charge in [-0.25, -0.2) is 4.98 Å². The van der Waals surface area contributed by atoms with E-state index in [1.807, 2.05) is 13.8 Å². The van der Waals surface area contributed by atoms with Gasteiger partial charge in [0, 0.05) is 29.7 Å². The molecule has 7 rings (SSSR count). The highest BCUT2D eigenvalue weighted by atomic mass is 19.4. The van der Waals surface area contributed by atoms with Gasteiger partial charge in [-0.05, 0) is 49.4 Å². The van der Waals surface area contributed by atoms with Gasteiger partial charge in [0.05, 0.1) is 0 Å². The molecule has 0 amide bonds. The fourth-order valence-electron chi connectivity index (χ4n) is 7.76. The Hall–Kier alpha value is -1.04. The van der Waals surface area contributed by atoms with Crippen molar-refractivity contribution in [2.24, 2.45) is 40.9 Å². The molecule has 3 nitrogen and oxygen atoms in total. The first-order valence-electron chi connectivity index (χ1n) is 8.10. The van der Waals surface area contributed by atoms with E-state index in [4.69, 9.17) is 0 Å². The molecule has 1 aromatic rings. The van der Waals surface area contributed by atoms with Crippen molar-refractivity contribution in [1.82, 2.24) is 9.55 Å². The Morgan fingerprint density at radius 3 is 2.14 bits per heavy atom. The second kappa shape index (κ2) is 2.87. The zero-order valence-electron chi connectivity index (χ0n) is 12.3. The highest BCUT2D eigenvalue weighted by Crippen LogP contribution is 3.09. The summed E-state index contributed by atoms with van der Waals surface area (Å²) in [5.41, 5.74) is -0.629. The molecule has 22 heavy (non-hydrogen) atoms. The van der Waals surface area contributed by atoms with Gasteiger partial charge < -0.3 is 9.67 Å². The predicted molar refractivity (Wildman–Crippen MR) is 69.8 cm³/mol. The van der Waals surface area contributed by atoms with Gasteiger partial charge in [0.1, 0.15) is 5.82 Å². The summed E-state index contributed by atoms with van der Waals surface area (Å²) in [6.07, 6.45) is -3.18. The molecule has 6 fully saturated rings. The molecular weight excluding hydrogens is 293 g/mol. The molecule has 0 radical (unpaired) electrons. The van der Waals surface area contributed by atoms with Crippen LogP contribution in [-0.2, 0) is 11.6 Å². The monoisotopic (exact) mass is 310 g/mol. The molecule has 118 valence electrons. The van der Waals surface area contributed by atoms with Crippen molar-refractivity contribution in [3.63, 3.8) is 0 Å². The zero-order chi connectivity index (χ0) is 15.4. The fraction of sp³-hybridized carbons (Fsp3) is 0.812. The summed E-state index contributed by atoms with van der Waals surface area (Å²) in [6.45, 7) is 4.11. The Kier molecular flexibility index (Phi) is 1.62. The van der Waals surface area contributed by atoms with E-state index in [0.717, 1.165) is 0 Å². The average Bonchev–Trinajstić information content (AvgIpc) is 2.92. The molecular formula is C16H17F3N2O. The molecule has 6 aliphatic carbocycles. The predicted octanol–water partition coefficient (Wildman–Crippen LogP) is 2.46. The van der Waals surface area contributed by atoms with E-state index in [2.05, 4.69) is 4.98 Å². The van der Waals surface area contributed by atoms with Crippen LogP contribution in [0.1, 0.15) is 31.4 Å². The first-order chi connectivity index (χ1) is 10.3. The maximum absolute atomic E-state index is 13.1. The van der Waals surface area contributed by atoms with Crippen LogP contribution in [0.3, 0.4) is 0 Å². The second-order valence-corrected chi connectivity index (χ2v) is 8.31. The van der Waals surface area contributed by atoms with Crippen molar-refractivity contribution in [3.05, 3.63) is 17.7 Å². The molecule has 6 aliphatic rings. The highest BCUT2D eigenvalue weighted by molar-refractivity contribution is 5.61. The van der Waals surface area contributed by atoms with Crippen molar-refractivity contribution >= 4 is 0 Å². The maximum atomic E-state index is 13.1. The smallest absolute Gasteiger partial charge is 0.396 e. The van der Waals surface area contributed by atoms with Crippen LogP contribution in [0.15, 0.2) is 6.20 Å². The topological polar surface area (TPSA) is 38.0 Å². The number of rotatable bonds is 3. The third-order valence-corrected chi connectivity index (χ3v) is 8.08. The van der Waals surface area contributed by atoms with Gasteiger partial charge in [0.15, 0.2) is 5.69 Å². The number of aromatic nitrogens is 2. The van der Waals surface area contributed by atoms with Gasteiger partial charge in [0.25, 0.3) is 0 Å². The van der Waals surface area contributed by atoms with Gasteiger partial charge in [-0.15, -0.1) is 0 Å². The molecule has 6 saturated carbocycles. The van der Waals surface area contributed by atoms with Crippen molar-refractivity contribution in [2.45, 2.75) is 31.5 Å². The first kappa shape index (κ1) is 12.4. The minimum atomic E-state index is -4.37. The van der Waals surface area contributed by atoms with E-state index in [9.17, 15) is 18.3 Å². The van der Waals surface area contributed by atoms with Crippen LogP contribution in [0.4, 0.5) is 13.2 Å². The number of hydrogen-bond acceptors (Lipinski definition) is 2. The fourth-order valence-corrected chi connectivity index (χ4v) is 7.76. The van der Waals surface area contributed by atoms with Gasteiger partial charge in [-0.3, -0.25) is 0 Å². The minimum absolute atomic E-state index is 0.00831. The molecule has 0 bridgehead atoms. The van der Waals surface area contributed by atoms with Crippen LogP contribution in [0.25, 0.3) is 0 Å². The van der Waals surface area contributed by atoms with Crippen molar-refractivity contribution < 1.29 is 18.3 Å². The minimum Gasteiger partial charge on any atom is -0.396 e. The molecule has 0 unspecified atom stereocenters. The highest BCUT2D eigenvalue weighted by Gasteiger charge is 3.10. The van der Waals surface area contributed by atoms with Crippen LogP contribution in [0, 0.1) is 40.9 Å². The molecule has 0 aliphatic heterocycles. The van der Waals surface area contributed by atoms with Crippen molar-refractivity contribution in [1.29, 1.82) is 0 Å². The van der Waals surface area contributed by atoms with Gasteiger partial charge in [-0.2, -0.15) is 13.2 Å². The van der Waals surface area contributed by atoms with Crippen LogP contribution in [0.2, 0.25) is 0 Å². The lowest BCUT2D eigenvalue weighted by Gasteiger charge is -3.11. The quantitative estimate of drug-likeness (QED) is 0.931. The Morgan fingerprint density at radius 2 is 1.73 bits per heavy atom. The SMILES string of the molecule is CC(C)n1cc(C(F)(F)F)nc1C12C3C4C1C1C2C3C41CO. The maximum Gasteiger partial charge on any atom is 0.434 e. The van der Waals surface area contributed by atoms with E-state index in [1.54, 1.807) is 4.57 Å². The number of halogens is 3. The van der Waals surface area contributed by atoms with E-state index < -0.39 is 11.9 Å². The van der Waals surface area contributed by atoms with E-state index in [-0.39, 0.29) is 23.5 Å². The molecule has 1 N–H and O–H groups in total. The number of nitrogens with zero attached hydrogens (tertiary/aromatic N) is 2. The summed E-state index contributed by atoms with van der Waals surface area (Å²) < 4.78 is 41.0. The van der Waals surface area contributed by atoms with E-state index in [0.29, 0.717) is 41.3 Å². The normalized spacial score (nSPS) is 54.9. The van der Waals surface area contributed by atoms with Crippen LogP contribution in [-0.4, -0.2) is 21.3 Å². The molecule has 0 aromatic carbocycles. The molecule has 0 spiro atoms. The van der Waals surface area contributed by atoms with E-state index >= 15 is 0 Å². The second-order valence-electron chi connectivity index (χ2n) is 8.31. The summed E-state index contributed by atoms with van der Waals surface area (Å²) in [5, 5.41) is 9.66. The Labute approximate surface area is 125 Å². The number of alkyl halides is 3. The van der Waals surface area contributed by atoms with Crippen molar-refractivity contribution in [2.75, 3.05) is 6.61 Å². The standard InChI is InChI=1S/C16H17F3N2O/c1-5(2)21-3-6(16(17,18)19)20-13(21)15-10-7-11(15)9-12(15)8(10)14(7,9)4-22/h3,5,7-12,22H,4H2,1-2H3. The van der Waals surface area contributed by atoms with Crippen LogP contribution < -0.4 is 0 Å². The number of imidazole rings is 1. The summed E-state index contributed by atoms with van der Waals surface area (Å²) in [7, 11) is 0. The lowest BCUT2D eigenvalue weighted by atomic mass is 8.92. The Balaban J connectivity index is 1.46. The summed E-state index contributed by atoms with van der Waals surface area (Å²) in [5.74, 6) is 3.91. The molecule has 0 saturated heterocycles. The lowest BCUT2D eigenvalue weighted by molar-refractivity contribution is -0.633. The third kappa shape index (κ3) is 0.756. The third-order valence-electron chi connectivity index (χ3n) is 8.08. The van der Waals surface area contributed by atoms with Crippen LogP contribution in [0.5, 0.6) is 0 Å². The molecule has 1 heterocycles. The summed E-state index contributed by atoms with van der Waals surface area (Å²) in [6, 6.07) is -0.00831. The average molecular weight is 310 g/mol. The zero-order valence-corrected chi connectivity index (χ0v) is 12.3. The molecule has 1 aromatic heterocycles. The largest absolute Gasteiger partial charge is 0.434 e. The molecule has 6 heteroatoms. The Bertz CT molecular complexity index is 681. The Morgan fingerprint density at radius 1 is 1.18 bits per heavy atom. The number of hydrogen-bond donors (Lipinski definition) is 1. The summed E-state index contributed by atoms with van der Waals surface area (Å²) >= 11 is 0. The van der Waals surface area contributed by atoms with Crippen molar-refractivity contribution in [3.8, 4) is 0 Å².